The van der Waals surface area contributed by atoms with Crippen molar-refractivity contribution < 1.29 is 18.4 Å². The van der Waals surface area contributed by atoms with Crippen LogP contribution in [0.25, 0.3) is 0 Å². The van der Waals surface area contributed by atoms with E-state index in [-0.39, 0.29) is 17.2 Å². The second kappa shape index (κ2) is 11.2. The number of allylic oxidation sites excluding steroid dienone is 2. The third-order valence-corrected chi connectivity index (χ3v) is 6.57. The molecule has 1 aliphatic heterocycles. The first kappa shape index (κ1) is 25.1. The molecule has 0 spiro atoms. The lowest BCUT2D eigenvalue weighted by Crippen LogP contribution is -2.31. The quantitative estimate of drug-likeness (QED) is 0.363. The van der Waals surface area contributed by atoms with Gasteiger partial charge in [0.1, 0.15) is 11.6 Å². The van der Waals surface area contributed by atoms with Crippen molar-refractivity contribution in [2.45, 2.75) is 12.8 Å². The van der Waals surface area contributed by atoms with Crippen LogP contribution in [0.5, 0.6) is 0 Å². The van der Waals surface area contributed by atoms with Gasteiger partial charge in [0.2, 0.25) is 5.91 Å². The summed E-state index contributed by atoms with van der Waals surface area (Å²) >= 11 is 7.06. The van der Waals surface area contributed by atoms with Crippen LogP contribution in [-0.2, 0) is 9.59 Å². The molecule has 0 unspecified atom stereocenters. The molecule has 2 heterocycles. The molecule has 0 saturated heterocycles. The number of nitriles is 1. The molecule has 0 bridgehead atoms. The van der Waals surface area contributed by atoms with Gasteiger partial charge in [-0.1, -0.05) is 23.4 Å². The van der Waals surface area contributed by atoms with E-state index in [0.29, 0.717) is 38.5 Å². The molecule has 1 aliphatic rings. The highest BCUT2D eigenvalue weighted by Crippen LogP contribution is 2.41. The fourth-order valence-corrected chi connectivity index (χ4v) is 4.69. The summed E-state index contributed by atoms with van der Waals surface area (Å²) in [6.45, 7) is 1.72. The molecule has 1 aromatic heterocycles. The van der Waals surface area contributed by atoms with E-state index in [4.69, 9.17) is 16.0 Å². The van der Waals surface area contributed by atoms with Crippen LogP contribution in [0.4, 0.5) is 15.8 Å². The van der Waals surface area contributed by atoms with Gasteiger partial charge in [-0.15, -0.1) is 0 Å². The maximum atomic E-state index is 13.3. The van der Waals surface area contributed by atoms with Crippen LogP contribution in [0.15, 0.2) is 93.2 Å². The van der Waals surface area contributed by atoms with E-state index in [9.17, 15) is 19.2 Å². The lowest BCUT2D eigenvalue weighted by Gasteiger charge is -2.28. The average Bonchev–Trinajstić information content (AvgIpc) is 3.39. The van der Waals surface area contributed by atoms with E-state index in [1.807, 2.05) is 0 Å². The van der Waals surface area contributed by atoms with E-state index in [1.165, 1.54) is 30.5 Å². The second-order valence-corrected chi connectivity index (χ2v) is 9.19. The lowest BCUT2D eigenvalue weighted by molar-refractivity contribution is -0.114. The third-order valence-electron chi connectivity index (χ3n) is 5.30. The first-order valence-corrected chi connectivity index (χ1v) is 12.1. The maximum Gasteiger partial charge on any atom is 0.254 e. The third kappa shape index (κ3) is 5.79. The van der Waals surface area contributed by atoms with E-state index in [2.05, 4.69) is 22.0 Å². The minimum atomic E-state index is -0.777. The summed E-state index contributed by atoms with van der Waals surface area (Å²) in [4.78, 5) is 25.8. The number of furan rings is 1. The number of rotatable bonds is 7. The van der Waals surface area contributed by atoms with Crippen molar-refractivity contribution in [3.05, 3.63) is 105 Å². The summed E-state index contributed by atoms with van der Waals surface area (Å²) in [6.07, 6.45) is 1.47. The second-order valence-electron chi connectivity index (χ2n) is 7.77. The Labute approximate surface area is 216 Å². The number of benzene rings is 2. The molecule has 3 N–H and O–H groups in total. The Morgan fingerprint density at radius 1 is 1.11 bits per heavy atom. The van der Waals surface area contributed by atoms with Gasteiger partial charge in [0.15, 0.2) is 0 Å². The summed E-state index contributed by atoms with van der Waals surface area (Å²) in [7, 11) is 0. The Kier molecular flexibility index (Phi) is 7.78. The molecule has 182 valence electrons. The summed E-state index contributed by atoms with van der Waals surface area (Å²) in [6, 6.07) is 17.7. The van der Waals surface area contributed by atoms with Gasteiger partial charge < -0.3 is 20.4 Å². The zero-order chi connectivity index (χ0) is 25.7. The van der Waals surface area contributed by atoms with Crippen LogP contribution in [-0.4, -0.2) is 17.6 Å². The normalized spacial score (nSPS) is 15.2. The van der Waals surface area contributed by atoms with Gasteiger partial charge in [-0.2, -0.15) is 5.26 Å². The Balaban J connectivity index is 1.57. The van der Waals surface area contributed by atoms with Crippen molar-refractivity contribution in [2.24, 2.45) is 0 Å². The number of amides is 2. The number of anilines is 2. The standard InChI is InChI=1S/C26H20ClFN4O3S/c1-15-23(25(34)32-19-8-4-16(27)5-9-19)24(21-3-2-12-35-21)20(13-29)26(30-15)36-14-22(33)31-18-10-6-17(28)7-11-18/h2-12,24,30H,14H2,1H3,(H,31,33)(H,32,34)/t24-/m0/s1. The summed E-state index contributed by atoms with van der Waals surface area (Å²) in [5.74, 6) is -1.52. The van der Waals surface area contributed by atoms with Gasteiger partial charge in [0.05, 0.1) is 40.2 Å². The van der Waals surface area contributed by atoms with E-state index < -0.39 is 17.6 Å². The summed E-state index contributed by atoms with van der Waals surface area (Å²) in [5, 5.41) is 19.7. The highest BCUT2D eigenvalue weighted by molar-refractivity contribution is 8.03. The summed E-state index contributed by atoms with van der Waals surface area (Å²) < 4.78 is 18.7. The van der Waals surface area contributed by atoms with Crippen LogP contribution >= 0.6 is 23.4 Å². The molecule has 2 amide bonds. The van der Waals surface area contributed by atoms with Gasteiger partial charge in [-0.05, 0) is 67.6 Å². The Bertz CT molecular complexity index is 1380. The van der Waals surface area contributed by atoms with Crippen molar-refractivity contribution in [1.29, 1.82) is 5.26 Å². The maximum absolute atomic E-state index is 13.3. The van der Waals surface area contributed by atoms with E-state index in [1.54, 1.807) is 43.3 Å². The summed E-state index contributed by atoms with van der Waals surface area (Å²) in [5.41, 5.74) is 2.08. The van der Waals surface area contributed by atoms with Gasteiger partial charge in [0.25, 0.3) is 5.91 Å². The number of thioether (sulfide) groups is 1. The number of halogens is 2. The molecule has 0 saturated carbocycles. The molecule has 10 heteroatoms. The largest absolute Gasteiger partial charge is 0.468 e. The molecule has 36 heavy (non-hydrogen) atoms. The fourth-order valence-electron chi connectivity index (χ4n) is 3.67. The molecule has 1 atom stereocenters. The van der Waals surface area contributed by atoms with Crippen LogP contribution in [0.3, 0.4) is 0 Å². The Morgan fingerprint density at radius 2 is 1.78 bits per heavy atom. The van der Waals surface area contributed by atoms with Gasteiger partial charge in [-0.25, -0.2) is 4.39 Å². The molecular formula is C26H20ClFN4O3S. The average molecular weight is 523 g/mol. The Morgan fingerprint density at radius 3 is 2.42 bits per heavy atom. The number of nitrogens with zero attached hydrogens (tertiary/aromatic N) is 1. The van der Waals surface area contributed by atoms with Crippen molar-refractivity contribution in [3.63, 3.8) is 0 Å². The lowest BCUT2D eigenvalue weighted by atomic mass is 9.85. The SMILES string of the molecule is CC1=C(C(=O)Nc2ccc(Cl)cc2)[C@H](c2ccco2)C(C#N)=C(SCC(=O)Nc2ccc(F)cc2)N1. The van der Waals surface area contributed by atoms with Crippen LogP contribution < -0.4 is 16.0 Å². The molecule has 7 nitrogen and oxygen atoms in total. The minimum absolute atomic E-state index is 0.0185. The molecule has 4 rings (SSSR count). The molecule has 3 aromatic rings. The predicted octanol–water partition coefficient (Wildman–Crippen LogP) is 5.78. The highest BCUT2D eigenvalue weighted by atomic mass is 35.5. The van der Waals surface area contributed by atoms with Crippen molar-refractivity contribution >= 4 is 46.6 Å². The fraction of sp³-hybridized carbons (Fsp3) is 0.115. The van der Waals surface area contributed by atoms with Crippen molar-refractivity contribution in [2.75, 3.05) is 16.4 Å². The predicted molar refractivity (Wildman–Crippen MR) is 137 cm³/mol. The van der Waals surface area contributed by atoms with Gasteiger partial charge in [-0.3, -0.25) is 9.59 Å². The van der Waals surface area contributed by atoms with Gasteiger partial charge >= 0.3 is 0 Å². The molecule has 0 radical (unpaired) electrons. The molecular weight excluding hydrogens is 503 g/mol. The molecule has 2 aromatic carbocycles. The minimum Gasteiger partial charge on any atom is -0.468 e. The van der Waals surface area contributed by atoms with Crippen LogP contribution in [0.2, 0.25) is 5.02 Å². The number of hydrogen-bond donors (Lipinski definition) is 3. The smallest absolute Gasteiger partial charge is 0.254 e. The number of carbonyl (C=O) groups excluding carboxylic acids is 2. The monoisotopic (exact) mass is 522 g/mol. The Hall–Kier alpha value is -4.00. The number of carbonyl (C=O) groups is 2. The topological polar surface area (TPSA) is 107 Å². The molecule has 0 aliphatic carbocycles. The number of nitrogens with one attached hydrogen (secondary N) is 3. The van der Waals surface area contributed by atoms with E-state index >= 15 is 0 Å². The zero-order valence-corrected chi connectivity index (χ0v) is 20.5. The first-order valence-electron chi connectivity index (χ1n) is 10.8. The van der Waals surface area contributed by atoms with Crippen molar-refractivity contribution in [1.82, 2.24) is 5.32 Å². The van der Waals surface area contributed by atoms with Gasteiger partial charge in [0, 0.05) is 22.1 Å². The van der Waals surface area contributed by atoms with Crippen LogP contribution in [0, 0.1) is 17.1 Å². The van der Waals surface area contributed by atoms with Crippen molar-refractivity contribution in [3.8, 4) is 6.07 Å². The highest BCUT2D eigenvalue weighted by Gasteiger charge is 2.36. The zero-order valence-electron chi connectivity index (χ0n) is 19.0. The van der Waals surface area contributed by atoms with Crippen LogP contribution in [0.1, 0.15) is 18.6 Å². The molecule has 0 fully saturated rings. The first-order chi connectivity index (χ1) is 17.4. The number of hydrogen-bond acceptors (Lipinski definition) is 6. The number of dihydropyridines is 1. The van der Waals surface area contributed by atoms with E-state index in [0.717, 1.165) is 11.8 Å².